The lowest BCUT2D eigenvalue weighted by atomic mass is 9.98. The number of hydrogen-bond donors (Lipinski definition) is 3. The molecular weight excluding hydrogens is 422 g/mol. The van der Waals surface area contributed by atoms with Crippen LogP contribution in [0.15, 0.2) is 65.5 Å². The van der Waals surface area contributed by atoms with Crippen molar-refractivity contribution in [1.82, 2.24) is 20.2 Å². The molecule has 0 atom stereocenters. The monoisotopic (exact) mass is 441 g/mol. The second kappa shape index (κ2) is 8.12. The van der Waals surface area contributed by atoms with E-state index >= 15 is 0 Å². The van der Waals surface area contributed by atoms with Gasteiger partial charge in [0.2, 0.25) is 0 Å². The highest BCUT2D eigenvalue weighted by atomic mass is 16.6. The van der Waals surface area contributed by atoms with Crippen molar-refractivity contribution >= 4 is 27.9 Å². The molecule has 9 nitrogen and oxygen atoms in total. The Kier molecular flexibility index (Phi) is 4.98. The van der Waals surface area contributed by atoms with E-state index in [0.29, 0.717) is 28.6 Å². The summed E-state index contributed by atoms with van der Waals surface area (Å²) in [5.41, 5.74) is 9.70. The molecule has 0 saturated carbocycles. The van der Waals surface area contributed by atoms with Gasteiger partial charge in [0.15, 0.2) is 0 Å². The van der Waals surface area contributed by atoms with Crippen molar-refractivity contribution in [3.63, 3.8) is 0 Å². The highest BCUT2D eigenvalue weighted by Crippen LogP contribution is 2.33. The van der Waals surface area contributed by atoms with Crippen molar-refractivity contribution in [1.29, 1.82) is 0 Å². The number of carbonyl (C=O) groups is 1. The van der Waals surface area contributed by atoms with Gasteiger partial charge < -0.3 is 20.2 Å². The van der Waals surface area contributed by atoms with Crippen LogP contribution in [-0.2, 0) is 6.42 Å². The van der Waals surface area contributed by atoms with Crippen molar-refractivity contribution in [2.24, 2.45) is 5.73 Å². The van der Waals surface area contributed by atoms with Crippen molar-refractivity contribution in [2.75, 3.05) is 7.11 Å². The second-order valence-electron chi connectivity index (χ2n) is 7.45. The van der Waals surface area contributed by atoms with E-state index in [2.05, 4.69) is 20.2 Å². The topological polar surface area (TPSA) is 136 Å². The summed E-state index contributed by atoms with van der Waals surface area (Å²) >= 11 is 0. The number of nitrogens with one attached hydrogen (secondary N) is 2. The minimum absolute atomic E-state index is 0.0337. The minimum atomic E-state index is -0.938. The van der Waals surface area contributed by atoms with E-state index < -0.39 is 6.09 Å². The molecule has 0 fully saturated rings. The number of methoxy groups -OCH3 is 1. The maximum atomic E-state index is 12.1. The molecule has 1 amide bonds. The Bertz CT molecular complexity index is 1570. The molecule has 0 aliphatic carbocycles. The largest absolute Gasteiger partial charge is 0.496 e. The molecule has 0 saturated heterocycles. The van der Waals surface area contributed by atoms with E-state index in [9.17, 15) is 9.59 Å². The van der Waals surface area contributed by atoms with Gasteiger partial charge in [0.05, 0.1) is 29.2 Å². The molecule has 0 bridgehead atoms. The van der Waals surface area contributed by atoms with Crippen LogP contribution in [0.1, 0.15) is 11.3 Å². The van der Waals surface area contributed by atoms with Gasteiger partial charge in [-0.3, -0.25) is 4.79 Å². The lowest BCUT2D eigenvalue weighted by Gasteiger charge is -2.12. The van der Waals surface area contributed by atoms with Crippen LogP contribution in [0.25, 0.3) is 32.9 Å². The third-order valence-electron chi connectivity index (χ3n) is 5.38. The molecule has 164 valence electrons. The predicted molar refractivity (Wildman–Crippen MR) is 123 cm³/mol. The van der Waals surface area contributed by atoms with E-state index in [4.69, 9.17) is 15.2 Å². The van der Waals surface area contributed by atoms with Crippen molar-refractivity contribution in [3.05, 3.63) is 82.3 Å². The Morgan fingerprint density at radius 1 is 1.06 bits per heavy atom. The van der Waals surface area contributed by atoms with Crippen molar-refractivity contribution in [3.8, 4) is 22.9 Å². The molecule has 4 N–H and O–H groups in total. The number of benzene rings is 3. The third kappa shape index (κ3) is 3.87. The van der Waals surface area contributed by atoms with E-state index in [0.717, 1.165) is 27.8 Å². The zero-order valence-electron chi connectivity index (χ0n) is 17.6. The zero-order chi connectivity index (χ0) is 22.9. The van der Waals surface area contributed by atoms with Crippen molar-refractivity contribution < 1.29 is 14.3 Å². The minimum Gasteiger partial charge on any atom is -0.496 e. The van der Waals surface area contributed by atoms with Gasteiger partial charge >= 0.3 is 12.1 Å². The van der Waals surface area contributed by atoms with Crippen LogP contribution < -0.4 is 20.8 Å². The van der Waals surface area contributed by atoms with Gasteiger partial charge in [-0.1, -0.05) is 30.3 Å². The third-order valence-corrected chi connectivity index (χ3v) is 5.38. The Labute approximate surface area is 187 Å². The Hall–Kier alpha value is -4.66. The molecule has 33 heavy (non-hydrogen) atoms. The number of nitrogens with zero attached hydrogens (tertiary/aromatic N) is 2. The maximum absolute atomic E-state index is 12.1. The summed E-state index contributed by atoms with van der Waals surface area (Å²) in [5, 5.41) is 8.29. The number of H-pyrrole nitrogens is 2. The summed E-state index contributed by atoms with van der Waals surface area (Å²) < 4.78 is 10.4. The molecule has 3 aromatic carbocycles. The molecular formula is C24H19N5O4. The van der Waals surface area contributed by atoms with Crippen LogP contribution >= 0.6 is 0 Å². The average molecular weight is 441 g/mol. The number of rotatable bonds is 5. The van der Waals surface area contributed by atoms with Gasteiger partial charge in [-0.25, -0.2) is 9.89 Å². The molecule has 5 aromatic rings. The summed E-state index contributed by atoms with van der Waals surface area (Å²) in [5.74, 6) is 0.700. The van der Waals surface area contributed by atoms with Gasteiger partial charge in [-0.15, -0.1) is 0 Å². The van der Waals surface area contributed by atoms with Gasteiger partial charge in [-0.2, -0.15) is 10.1 Å². The first-order valence-corrected chi connectivity index (χ1v) is 10.1. The predicted octanol–water partition coefficient (Wildman–Crippen LogP) is 3.52. The molecule has 9 heteroatoms. The molecule has 0 spiro atoms. The average Bonchev–Trinajstić information content (AvgIpc) is 3.21. The molecule has 0 aliphatic heterocycles. The number of fused-ring (bicyclic) bond motifs is 2. The fraction of sp³-hybridized carbons (Fsp3) is 0.0833. The first-order valence-electron chi connectivity index (χ1n) is 10.1. The standard InChI is InChI=1S/C24H19N5O4/c1-32-21-9-6-13(11-19-15-4-2-3-5-16(15)22(30)29-28-19)10-17(21)14-7-8-18-20(12-14)27-24(26-18)33-23(25)31/h2-10,12H,11H2,1H3,(H2,25,31)(H,26,27)(H,29,30). The quantitative estimate of drug-likeness (QED) is 0.382. The summed E-state index contributed by atoms with van der Waals surface area (Å²) in [6.45, 7) is 0. The number of amides is 1. The van der Waals surface area contributed by atoms with Crippen LogP contribution in [0.3, 0.4) is 0 Å². The van der Waals surface area contributed by atoms with Crippen LogP contribution in [0.4, 0.5) is 4.79 Å². The van der Waals surface area contributed by atoms with Gasteiger partial charge in [0, 0.05) is 17.4 Å². The molecule has 0 aliphatic rings. The summed E-state index contributed by atoms with van der Waals surface area (Å²) in [7, 11) is 1.61. The number of primary amides is 1. The fourth-order valence-corrected chi connectivity index (χ4v) is 3.89. The zero-order valence-corrected chi connectivity index (χ0v) is 17.6. The van der Waals surface area contributed by atoms with E-state index in [-0.39, 0.29) is 11.6 Å². The number of imidazole rings is 1. The van der Waals surface area contributed by atoms with E-state index in [1.807, 2.05) is 54.6 Å². The smallest absolute Gasteiger partial charge is 0.412 e. The highest BCUT2D eigenvalue weighted by Gasteiger charge is 2.13. The molecule has 2 heterocycles. The van der Waals surface area contributed by atoms with Crippen LogP contribution in [0.5, 0.6) is 11.8 Å². The molecule has 0 radical (unpaired) electrons. The summed E-state index contributed by atoms with van der Waals surface area (Å²) in [6.07, 6.45) is -0.413. The number of ether oxygens (including phenoxy) is 2. The molecule has 2 aromatic heterocycles. The van der Waals surface area contributed by atoms with Gasteiger partial charge in [-0.05, 0) is 41.5 Å². The molecule has 5 rings (SSSR count). The number of aromatic nitrogens is 4. The summed E-state index contributed by atoms with van der Waals surface area (Å²) in [4.78, 5) is 30.2. The number of nitrogens with two attached hydrogens (primary N) is 1. The van der Waals surface area contributed by atoms with Crippen LogP contribution in [0.2, 0.25) is 0 Å². The van der Waals surface area contributed by atoms with Gasteiger partial charge in [0.25, 0.3) is 5.56 Å². The normalized spacial score (nSPS) is 11.1. The first-order chi connectivity index (χ1) is 16.0. The number of hydrogen-bond acceptors (Lipinski definition) is 6. The Balaban J connectivity index is 1.55. The lowest BCUT2D eigenvalue weighted by Crippen LogP contribution is -2.16. The highest BCUT2D eigenvalue weighted by molar-refractivity contribution is 5.85. The van der Waals surface area contributed by atoms with Crippen molar-refractivity contribution in [2.45, 2.75) is 6.42 Å². The SMILES string of the molecule is COc1ccc(Cc2n[nH]c(=O)c3ccccc23)cc1-c1ccc2nc(OC(N)=O)[nH]c2c1. The van der Waals surface area contributed by atoms with Gasteiger partial charge in [0.1, 0.15) is 5.75 Å². The Morgan fingerprint density at radius 2 is 1.88 bits per heavy atom. The van der Waals surface area contributed by atoms with Crippen LogP contribution in [0, 0.1) is 0 Å². The number of aromatic amines is 2. The summed E-state index contributed by atoms with van der Waals surface area (Å²) in [6, 6.07) is 19.0. The first kappa shape index (κ1) is 20.3. The Morgan fingerprint density at radius 3 is 2.67 bits per heavy atom. The lowest BCUT2D eigenvalue weighted by molar-refractivity contribution is 0.207. The van der Waals surface area contributed by atoms with E-state index in [1.54, 1.807) is 13.2 Å². The maximum Gasteiger partial charge on any atom is 0.412 e. The second-order valence-corrected chi connectivity index (χ2v) is 7.45. The fourth-order valence-electron chi connectivity index (χ4n) is 3.89. The molecule has 0 unspecified atom stereocenters. The van der Waals surface area contributed by atoms with Crippen LogP contribution in [-0.4, -0.2) is 33.4 Å². The van der Waals surface area contributed by atoms with E-state index in [1.165, 1.54) is 0 Å². The number of carbonyl (C=O) groups excluding carboxylic acids is 1.